The van der Waals surface area contributed by atoms with E-state index < -0.39 is 14.8 Å². The number of sulfonamides is 1. The molecule has 3 rings (SSSR count). The molecule has 0 radical (unpaired) electrons. The first-order valence-electron chi connectivity index (χ1n) is 7.33. The number of pyridine rings is 1. The van der Waals surface area contributed by atoms with E-state index in [2.05, 4.69) is 9.97 Å². The molecule has 0 unspecified atom stereocenters. The van der Waals surface area contributed by atoms with Gasteiger partial charge in [-0.1, -0.05) is 18.2 Å². The van der Waals surface area contributed by atoms with E-state index in [0.717, 1.165) is 10.9 Å². The van der Waals surface area contributed by atoms with E-state index in [0.29, 0.717) is 11.5 Å². The number of nitrogens with zero attached hydrogens (tertiary/aromatic N) is 2. The smallest absolute Gasteiger partial charge is 0.245 e. The zero-order valence-corrected chi connectivity index (χ0v) is 14.1. The Balaban J connectivity index is 2.24. The summed E-state index contributed by atoms with van der Waals surface area (Å²) in [4.78, 5) is 7.25. The van der Waals surface area contributed by atoms with Crippen LogP contribution in [0, 0.1) is 0 Å². The molecule has 0 saturated heterocycles. The van der Waals surface area contributed by atoms with Crippen molar-refractivity contribution >= 4 is 32.4 Å². The van der Waals surface area contributed by atoms with Crippen LogP contribution in [0.2, 0.25) is 0 Å². The number of aromatic nitrogens is 2. The van der Waals surface area contributed by atoms with Crippen LogP contribution >= 0.6 is 0 Å². The van der Waals surface area contributed by atoms with Gasteiger partial charge in [0.2, 0.25) is 10.0 Å². The third kappa shape index (κ3) is 2.70. The Hall–Kier alpha value is -2.34. The Labute approximate surface area is 136 Å². The van der Waals surface area contributed by atoms with E-state index in [1.165, 1.54) is 4.31 Å². The van der Waals surface area contributed by atoms with Gasteiger partial charge in [-0.25, -0.2) is 12.7 Å². The maximum Gasteiger partial charge on any atom is 0.245 e. The highest BCUT2D eigenvalue weighted by molar-refractivity contribution is 7.94. The number of benzene rings is 1. The lowest BCUT2D eigenvalue weighted by atomic mass is 10.2. The molecule has 0 aliphatic heterocycles. The lowest BCUT2D eigenvalue weighted by Gasteiger charge is -2.30. The Morgan fingerprint density at radius 3 is 2.43 bits per heavy atom. The van der Waals surface area contributed by atoms with Crippen LogP contribution < -0.4 is 4.31 Å². The van der Waals surface area contributed by atoms with Gasteiger partial charge in [0.25, 0.3) is 0 Å². The molecule has 0 bridgehead atoms. The number of H-pyrrole nitrogens is 1. The number of fused-ring (bicyclic) bond motifs is 1. The normalized spacial score (nSPS) is 12.5. The van der Waals surface area contributed by atoms with Crippen LogP contribution in [0.15, 0.2) is 54.9 Å². The highest BCUT2D eigenvalue weighted by Gasteiger charge is 2.37. The summed E-state index contributed by atoms with van der Waals surface area (Å²) in [6.45, 7) is 5.07. The minimum absolute atomic E-state index is 0.508. The fourth-order valence-electron chi connectivity index (χ4n) is 2.32. The first-order chi connectivity index (χ1) is 10.8. The average molecular weight is 329 g/mol. The van der Waals surface area contributed by atoms with Crippen molar-refractivity contribution in [1.82, 2.24) is 9.97 Å². The third-order valence-electron chi connectivity index (χ3n) is 3.63. The van der Waals surface area contributed by atoms with Crippen LogP contribution in [0.4, 0.5) is 11.5 Å². The van der Waals surface area contributed by atoms with Gasteiger partial charge in [-0.05, 0) is 45.0 Å². The number of hydrogen-bond donors (Lipinski definition) is 1. The lowest BCUT2D eigenvalue weighted by molar-refractivity contribution is 0.560. The maximum atomic E-state index is 13.1. The van der Waals surface area contributed by atoms with E-state index in [1.807, 2.05) is 30.3 Å². The van der Waals surface area contributed by atoms with Crippen molar-refractivity contribution in [3.63, 3.8) is 0 Å². The van der Waals surface area contributed by atoms with Crippen molar-refractivity contribution in [2.24, 2.45) is 0 Å². The second-order valence-electron chi connectivity index (χ2n) is 6.33. The zero-order valence-electron chi connectivity index (χ0n) is 13.3. The molecule has 2 heterocycles. The SMILES string of the molecule is CC(C)(C)S(=O)(=O)N(c1cccnc1)c1cc2ccccc2[nH]1. The van der Waals surface area contributed by atoms with E-state index in [4.69, 9.17) is 0 Å². The number of anilines is 2. The van der Waals surface area contributed by atoms with Crippen LogP contribution in [-0.4, -0.2) is 23.1 Å². The third-order valence-corrected chi connectivity index (χ3v) is 6.07. The van der Waals surface area contributed by atoms with Gasteiger partial charge in [-0.3, -0.25) is 4.98 Å². The predicted molar refractivity (Wildman–Crippen MR) is 93.3 cm³/mol. The van der Waals surface area contributed by atoms with Crippen LogP contribution in [0.3, 0.4) is 0 Å². The van der Waals surface area contributed by atoms with E-state index >= 15 is 0 Å². The second kappa shape index (κ2) is 5.38. The molecule has 0 amide bonds. The number of hydrogen-bond acceptors (Lipinski definition) is 3. The van der Waals surface area contributed by atoms with Gasteiger partial charge in [-0.2, -0.15) is 0 Å². The van der Waals surface area contributed by atoms with Crippen molar-refractivity contribution in [3.8, 4) is 0 Å². The molecule has 0 fully saturated rings. The molecule has 23 heavy (non-hydrogen) atoms. The summed E-state index contributed by atoms with van der Waals surface area (Å²) in [6, 6.07) is 13.0. The van der Waals surface area contributed by atoms with Crippen LogP contribution in [0.1, 0.15) is 20.8 Å². The Morgan fingerprint density at radius 2 is 1.83 bits per heavy atom. The molecule has 0 atom stereocenters. The number of para-hydroxylation sites is 1. The molecule has 0 spiro atoms. The van der Waals surface area contributed by atoms with E-state index in [9.17, 15) is 8.42 Å². The van der Waals surface area contributed by atoms with Crippen molar-refractivity contribution in [3.05, 3.63) is 54.9 Å². The molecule has 0 saturated carbocycles. The van der Waals surface area contributed by atoms with Gasteiger partial charge >= 0.3 is 0 Å². The highest BCUT2D eigenvalue weighted by atomic mass is 32.2. The quantitative estimate of drug-likeness (QED) is 0.794. The first-order valence-corrected chi connectivity index (χ1v) is 8.77. The van der Waals surface area contributed by atoms with E-state index in [1.54, 1.807) is 45.3 Å². The van der Waals surface area contributed by atoms with Gasteiger partial charge in [0.1, 0.15) is 5.82 Å². The first kappa shape index (κ1) is 15.6. The van der Waals surface area contributed by atoms with Crippen molar-refractivity contribution in [2.75, 3.05) is 4.31 Å². The molecule has 120 valence electrons. The fourth-order valence-corrected chi connectivity index (χ4v) is 3.61. The molecule has 6 heteroatoms. The Morgan fingerprint density at radius 1 is 1.09 bits per heavy atom. The largest absolute Gasteiger partial charge is 0.340 e. The minimum Gasteiger partial charge on any atom is -0.340 e. The maximum absolute atomic E-state index is 13.1. The van der Waals surface area contributed by atoms with E-state index in [-0.39, 0.29) is 0 Å². The molecule has 1 N–H and O–H groups in total. The van der Waals surface area contributed by atoms with Crippen molar-refractivity contribution < 1.29 is 8.42 Å². The summed E-state index contributed by atoms with van der Waals surface area (Å²) in [5, 5.41) is 0.959. The standard InChI is InChI=1S/C17H19N3O2S/c1-17(2,3)23(21,22)20(14-8-6-10-18-12-14)16-11-13-7-4-5-9-15(13)19-16/h4-12,19H,1-3H3. The second-order valence-corrected chi connectivity index (χ2v) is 8.87. The molecular formula is C17H19N3O2S. The summed E-state index contributed by atoms with van der Waals surface area (Å²) in [5.74, 6) is 0.508. The van der Waals surface area contributed by atoms with Gasteiger partial charge < -0.3 is 4.98 Å². The van der Waals surface area contributed by atoms with Crippen LogP contribution in [0.25, 0.3) is 10.9 Å². The molecule has 0 aliphatic rings. The zero-order chi connectivity index (χ0) is 16.7. The summed E-state index contributed by atoms with van der Waals surface area (Å²) in [5.41, 5.74) is 1.40. The Bertz CT molecular complexity index is 892. The summed E-state index contributed by atoms with van der Waals surface area (Å²) in [7, 11) is -3.63. The van der Waals surface area contributed by atoms with Gasteiger partial charge in [-0.15, -0.1) is 0 Å². The van der Waals surface area contributed by atoms with Crippen LogP contribution in [0.5, 0.6) is 0 Å². The molecule has 1 aromatic carbocycles. The van der Waals surface area contributed by atoms with Crippen molar-refractivity contribution in [1.29, 1.82) is 0 Å². The topological polar surface area (TPSA) is 66.1 Å². The molecule has 3 aromatic rings. The monoisotopic (exact) mass is 329 g/mol. The fraction of sp³-hybridized carbons (Fsp3) is 0.235. The number of rotatable bonds is 3. The van der Waals surface area contributed by atoms with Crippen molar-refractivity contribution in [2.45, 2.75) is 25.5 Å². The molecule has 5 nitrogen and oxygen atoms in total. The highest BCUT2D eigenvalue weighted by Crippen LogP contribution is 2.34. The molecule has 2 aromatic heterocycles. The van der Waals surface area contributed by atoms with Gasteiger partial charge in [0.15, 0.2) is 0 Å². The predicted octanol–water partition coefficient (Wildman–Crippen LogP) is 3.83. The summed E-state index contributed by atoms with van der Waals surface area (Å²) >= 11 is 0. The minimum atomic E-state index is -3.63. The Kier molecular flexibility index (Phi) is 3.64. The lowest BCUT2D eigenvalue weighted by Crippen LogP contribution is -2.40. The van der Waals surface area contributed by atoms with Crippen LogP contribution in [-0.2, 0) is 10.0 Å². The average Bonchev–Trinajstić information content (AvgIpc) is 2.90. The molecular weight excluding hydrogens is 310 g/mol. The summed E-state index contributed by atoms with van der Waals surface area (Å²) < 4.78 is 26.6. The summed E-state index contributed by atoms with van der Waals surface area (Å²) in [6.07, 6.45) is 3.17. The van der Waals surface area contributed by atoms with Gasteiger partial charge in [0.05, 0.1) is 16.6 Å². The number of nitrogens with one attached hydrogen (secondary N) is 1. The molecule has 0 aliphatic carbocycles. The van der Waals surface area contributed by atoms with Gasteiger partial charge in [0, 0.05) is 17.1 Å². The number of aromatic amines is 1.